The number of hydrogen-bond donors (Lipinski definition) is 9. The summed E-state index contributed by atoms with van der Waals surface area (Å²) in [6, 6.07) is -0.908. The molecule has 2 rings (SSSR count). The smallest absolute Gasteiger partial charge is 0.220 e. The van der Waals surface area contributed by atoms with Crippen molar-refractivity contribution in [2.24, 2.45) is 0 Å². The molecule has 14 nitrogen and oxygen atoms in total. The molecule has 0 spiro atoms. The molecule has 9 N–H and O–H groups in total. The van der Waals surface area contributed by atoms with Crippen molar-refractivity contribution < 1.29 is 64.6 Å². The van der Waals surface area contributed by atoms with Gasteiger partial charge in [0.2, 0.25) is 5.91 Å². The van der Waals surface area contributed by atoms with E-state index in [2.05, 4.69) is 19.2 Å². The SMILES string of the molecule is CCCCCCCCCCCC/C=C/[C@@H](O)[C@H](CO[C@@H]1O[C@H](CO)[C@@H](O[C@@H]2O[C@H](CO)[C@H](O)C(O)C2O)C(O)C1O)NC(=O)CCCCCCCCCCCCCCCCCCCCCCCCCC. The lowest BCUT2D eigenvalue weighted by molar-refractivity contribution is -0.359. The maximum absolute atomic E-state index is 13.2. The highest BCUT2D eigenvalue weighted by atomic mass is 16.7. The van der Waals surface area contributed by atoms with Crippen molar-refractivity contribution in [3.63, 3.8) is 0 Å². The minimum atomic E-state index is -1.78. The molecular formula is C56H107NO13. The van der Waals surface area contributed by atoms with E-state index in [1.54, 1.807) is 6.08 Å². The second-order valence-corrected chi connectivity index (χ2v) is 20.8. The van der Waals surface area contributed by atoms with E-state index in [9.17, 15) is 45.6 Å². The number of hydrogen-bond acceptors (Lipinski definition) is 13. The number of allylic oxidation sites excluding steroid dienone is 1. The summed E-state index contributed by atoms with van der Waals surface area (Å²) in [4.78, 5) is 13.2. The van der Waals surface area contributed by atoms with Gasteiger partial charge in [-0.1, -0.05) is 231 Å². The molecule has 12 atom stereocenters. The summed E-state index contributed by atoms with van der Waals surface area (Å²) in [6.45, 7) is 2.81. The molecule has 0 aliphatic carbocycles. The number of rotatable bonds is 46. The van der Waals surface area contributed by atoms with Gasteiger partial charge in [0.1, 0.15) is 48.8 Å². The topological polar surface area (TPSA) is 228 Å². The van der Waals surface area contributed by atoms with Gasteiger partial charge in [-0.15, -0.1) is 0 Å². The van der Waals surface area contributed by atoms with E-state index in [0.717, 1.165) is 38.5 Å². The molecular weight excluding hydrogens is 895 g/mol. The Hall–Kier alpha value is -1.27. The van der Waals surface area contributed by atoms with Crippen molar-refractivity contribution >= 4 is 5.91 Å². The molecule has 0 aromatic heterocycles. The molecule has 0 aromatic carbocycles. The number of aliphatic hydroxyl groups excluding tert-OH is 8. The second-order valence-electron chi connectivity index (χ2n) is 20.8. The van der Waals surface area contributed by atoms with Gasteiger partial charge in [0.25, 0.3) is 0 Å². The number of amides is 1. The minimum absolute atomic E-state index is 0.235. The number of ether oxygens (including phenoxy) is 4. The predicted octanol–water partition coefficient (Wildman–Crippen LogP) is 9.11. The Morgan fingerprint density at radius 1 is 0.500 bits per heavy atom. The van der Waals surface area contributed by atoms with E-state index < -0.39 is 86.8 Å². The standard InChI is InChI=1S/C56H107NO13/c1-3-5-7-9-11-13-15-17-18-19-20-21-22-23-24-25-26-27-28-30-32-34-36-38-40-48(61)57-44(45(60)39-37-35-33-31-29-16-14-12-10-8-6-4-2)43-67-55-53(66)51(64)54(47(42-59)69-55)70-56-52(65)50(63)49(62)46(41-58)68-56/h37,39,44-47,49-56,58-60,62-66H,3-36,38,40-43H2,1-2H3,(H,57,61)/b39-37+/t44-,45+,46+,47+,49-,50?,51?,52?,53?,54+,55+,56-/m0/s1. The molecule has 2 aliphatic heterocycles. The van der Waals surface area contributed by atoms with Crippen LogP contribution in [0.2, 0.25) is 0 Å². The Morgan fingerprint density at radius 3 is 1.31 bits per heavy atom. The minimum Gasteiger partial charge on any atom is -0.394 e. The van der Waals surface area contributed by atoms with Gasteiger partial charge in [0.05, 0.1) is 32.0 Å². The Morgan fingerprint density at radius 2 is 0.886 bits per heavy atom. The zero-order valence-corrected chi connectivity index (χ0v) is 44.3. The number of carbonyl (C=O) groups is 1. The first kappa shape index (κ1) is 64.8. The van der Waals surface area contributed by atoms with E-state index in [1.807, 2.05) is 6.08 Å². The van der Waals surface area contributed by atoms with Crippen LogP contribution in [0.1, 0.15) is 245 Å². The fourth-order valence-electron chi connectivity index (χ4n) is 9.76. The first-order chi connectivity index (χ1) is 34.1. The molecule has 2 aliphatic rings. The molecule has 0 bridgehead atoms. The van der Waals surface area contributed by atoms with Gasteiger partial charge in [-0.2, -0.15) is 0 Å². The van der Waals surface area contributed by atoms with Gasteiger partial charge in [0.15, 0.2) is 12.6 Å². The summed E-state index contributed by atoms with van der Waals surface area (Å²) in [5.41, 5.74) is 0. The summed E-state index contributed by atoms with van der Waals surface area (Å²) in [7, 11) is 0. The van der Waals surface area contributed by atoms with Crippen LogP contribution in [0.15, 0.2) is 12.2 Å². The number of aliphatic hydroxyl groups is 8. The van der Waals surface area contributed by atoms with E-state index in [-0.39, 0.29) is 18.9 Å². The molecule has 2 heterocycles. The highest BCUT2D eigenvalue weighted by Crippen LogP contribution is 2.30. The molecule has 14 heteroatoms. The lowest BCUT2D eigenvalue weighted by atomic mass is 9.97. The summed E-state index contributed by atoms with van der Waals surface area (Å²) < 4.78 is 22.7. The monoisotopic (exact) mass is 1000 g/mol. The summed E-state index contributed by atoms with van der Waals surface area (Å²) in [5, 5.41) is 86.9. The lowest BCUT2D eigenvalue weighted by Gasteiger charge is -2.46. The Balaban J connectivity index is 1.72. The van der Waals surface area contributed by atoms with Gasteiger partial charge in [-0.05, 0) is 19.3 Å². The van der Waals surface area contributed by atoms with Crippen LogP contribution in [-0.4, -0.2) is 140 Å². The molecule has 0 aromatic rings. The van der Waals surface area contributed by atoms with E-state index >= 15 is 0 Å². The average molecular weight is 1000 g/mol. The maximum Gasteiger partial charge on any atom is 0.220 e. The largest absolute Gasteiger partial charge is 0.394 e. The maximum atomic E-state index is 13.2. The van der Waals surface area contributed by atoms with Crippen LogP contribution < -0.4 is 5.32 Å². The molecule has 2 saturated heterocycles. The third-order valence-corrected chi connectivity index (χ3v) is 14.5. The van der Waals surface area contributed by atoms with Crippen LogP contribution in [0.4, 0.5) is 0 Å². The first-order valence-electron chi connectivity index (χ1n) is 28.9. The lowest BCUT2D eigenvalue weighted by Crippen LogP contribution is -2.65. The highest BCUT2D eigenvalue weighted by Gasteiger charge is 2.51. The number of unbranched alkanes of at least 4 members (excludes halogenated alkanes) is 33. The molecule has 4 unspecified atom stereocenters. The van der Waals surface area contributed by atoms with Crippen LogP contribution in [0, 0.1) is 0 Å². The van der Waals surface area contributed by atoms with Crippen molar-refractivity contribution in [1.29, 1.82) is 0 Å². The number of nitrogens with one attached hydrogen (secondary N) is 1. The van der Waals surface area contributed by atoms with E-state index in [0.29, 0.717) is 6.42 Å². The fourth-order valence-corrected chi connectivity index (χ4v) is 9.76. The van der Waals surface area contributed by atoms with Crippen molar-refractivity contribution in [3.8, 4) is 0 Å². The van der Waals surface area contributed by atoms with Gasteiger partial charge in [-0.25, -0.2) is 0 Å². The van der Waals surface area contributed by atoms with E-state index in [1.165, 1.54) is 180 Å². The molecule has 0 radical (unpaired) electrons. The molecule has 414 valence electrons. The van der Waals surface area contributed by atoms with Crippen molar-refractivity contribution in [2.75, 3.05) is 19.8 Å². The normalized spacial score (nSPS) is 26.0. The molecule has 2 fully saturated rings. The Kier molecular flexibility index (Phi) is 39.9. The quantitative estimate of drug-likeness (QED) is 0.0205. The average Bonchev–Trinajstić information content (AvgIpc) is 3.36. The van der Waals surface area contributed by atoms with Crippen molar-refractivity contribution in [2.45, 2.75) is 319 Å². The third kappa shape index (κ3) is 29.0. The van der Waals surface area contributed by atoms with Gasteiger partial charge >= 0.3 is 0 Å². The first-order valence-corrected chi connectivity index (χ1v) is 28.9. The van der Waals surface area contributed by atoms with Crippen LogP contribution in [0.5, 0.6) is 0 Å². The highest BCUT2D eigenvalue weighted by molar-refractivity contribution is 5.76. The Bertz CT molecular complexity index is 1230. The number of carbonyl (C=O) groups excluding carboxylic acids is 1. The zero-order valence-electron chi connectivity index (χ0n) is 44.3. The van der Waals surface area contributed by atoms with E-state index in [4.69, 9.17) is 18.9 Å². The van der Waals surface area contributed by atoms with Crippen LogP contribution in [-0.2, 0) is 23.7 Å². The summed E-state index contributed by atoms with van der Waals surface area (Å²) >= 11 is 0. The van der Waals surface area contributed by atoms with Gasteiger partial charge < -0.3 is 65.1 Å². The predicted molar refractivity (Wildman–Crippen MR) is 277 cm³/mol. The second kappa shape index (κ2) is 43.0. The van der Waals surface area contributed by atoms with Crippen molar-refractivity contribution in [1.82, 2.24) is 5.32 Å². The van der Waals surface area contributed by atoms with Gasteiger partial charge in [0, 0.05) is 6.42 Å². The molecule has 1 amide bonds. The third-order valence-electron chi connectivity index (χ3n) is 14.5. The van der Waals surface area contributed by atoms with Crippen molar-refractivity contribution in [3.05, 3.63) is 12.2 Å². The van der Waals surface area contributed by atoms with Crippen LogP contribution in [0.25, 0.3) is 0 Å². The summed E-state index contributed by atoms with van der Waals surface area (Å²) in [5.74, 6) is -0.235. The molecule has 0 saturated carbocycles. The fraction of sp³-hybridized carbons (Fsp3) is 0.946. The van der Waals surface area contributed by atoms with Gasteiger partial charge in [-0.3, -0.25) is 4.79 Å². The van der Waals surface area contributed by atoms with Crippen LogP contribution >= 0.6 is 0 Å². The molecule has 70 heavy (non-hydrogen) atoms. The zero-order chi connectivity index (χ0) is 51.0. The van der Waals surface area contributed by atoms with Crippen LogP contribution in [0.3, 0.4) is 0 Å². The summed E-state index contributed by atoms with van der Waals surface area (Å²) in [6.07, 6.45) is 31.2. The Labute approximate surface area is 425 Å².